The standard InChI is InChI=1S/C13H16S/c1-4-10-11-8-9(3)6-7-13(11)14-12(10)5-2/h6-8H,4-5H2,1-3H3. The molecule has 0 aliphatic rings. The molecule has 0 N–H and O–H groups in total. The maximum absolute atomic E-state index is 2.32. The van der Waals surface area contributed by atoms with Crippen molar-refractivity contribution in [2.75, 3.05) is 0 Å². The van der Waals surface area contributed by atoms with Crippen LogP contribution in [0.5, 0.6) is 0 Å². The third-order valence-electron chi connectivity index (χ3n) is 2.70. The molecule has 0 spiro atoms. The van der Waals surface area contributed by atoms with Gasteiger partial charge in [0.2, 0.25) is 0 Å². The molecule has 1 aromatic carbocycles. The molecule has 0 nitrogen and oxygen atoms in total. The highest BCUT2D eigenvalue weighted by molar-refractivity contribution is 7.19. The van der Waals surface area contributed by atoms with Crippen molar-refractivity contribution < 1.29 is 0 Å². The van der Waals surface area contributed by atoms with Crippen LogP contribution in [0.1, 0.15) is 29.9 Å². The summed E-state index contributed by atoms with van der Waals surface area (Å²) in [6, 6.07) is 6.79. The fourth-order valence-corrected chi connectivity index (χ4v) is 3.20. The van der Waals surface area contributed by atoms with Gasteiger partial charge in [-0.1, -0.05) is 31.5 Å². The van der Waals surface area contributed by atoms with Crippen molar-refractivity contribution >= 4 is 21.4 Å². The predicted octanol–water partition coefficient (Wildman–Crippen LogP) is 4.33. The lowest BCUT2D eigenvalue weighted by molar-refractivity contribution is 1.08. The van der Waals surface area contributed by atoms with Crippen molar-refractivity contribution in [2.24, 2.45) is 0 Å². The summed E-state index contributed by atoms with van der Waals surface area (Å²) in [7, 11) is 0. The highest BCUT2D eigenvalue weighted by Gasteiger charge is 2.08. The molecule has 0 fully saturated rings. The van der Waals surface area contributed by atoms with Gasteiger partial charge in [-0.15, -0.1) is 11.3 Å². The van der Waals surface area contributed by atoms with Crippen LogP contribution < -0.4 is 0 Å². The van der Waals surface area contributed by atoms with E-state index in [1.54, 1.807) is 10.4 Å². The number of rotatable bonds is 2. The van der Waals surface area contributed by atoms with E-state index in [0.717, 1.165) is 6.42 Å². The summed E-state index contributed by atoms with van der Waals surface area (Å²) in [4.78, 5) is 1.56. The van der Waals surface area contributed by atoms with Gasteiger partial charge in [0.1, 0.15) is 0 Å². The van der Waals surface area contributed by atoms with Crippen LogP contribution in [0.4, 0.5) is 0 Å². The van der Waals surface area contributed by atoms with Gasteiger partial charge in [0.15, 0.2) is 0 Å². The zero-order valence-electron chi connectivity index (χ0n) is 9.05. The Balaban J connectivity index is 2.74. The van der Waals surface area contributed by atoms with E-state index in [-0.39, 0.29) is 0 Å². The Morgan fingerprint density at radius 3 is 2.57 bits per heavy atom. The van der Waals surface area contributed by atoms with E-state index in [1.807, 2.05) is 11.3 Å². The number of fused-ring (bicyclic) bond motifs is 1. The van der Waals surface area contributed by atoms with Gasteiger partial charge in [-0.3, -0.25) is 0 Å². The van der Waals surface area contributed by atoms with Gasteiger partial charge in [0.05, 0.1) is 0 Å². The van der Waals surface area contributed by atoms with Crippen LogP contribution in [0.3, 0.4) is 0 Å². The highest BCUT2D eigenvalue weighted by atomic mass is 32.1. The maximum Gasteiger partial charge on any atom is 0.0348 e. The molecule has 2 rings (SSSR count). The van der Waals surface area contributed by atoms with E-state index in [1.165, 1.54) is 22.1 Å². The summed E-state index contributed by atoms with van der Waals surface area (Å²) in [5.74, 6) is 0. The third-order valence-corrected chi connectivity index (χ3v) is 4.06. The molecule has 0 bridgehead atoms. The minimum absolute atomic E-state index is 1.16. The lowest BCUT2D eigenvalue weighted by atomic mass is 10.1. The average Bonchev–Trinajstić information content (AvgIpc) is 2.54. The van der Waals surface area contributed by atoms with Crippen LogP contribution >= 0.6 is 11.3 Å². The molecule has 0 amide bonds. The zero-order chi connectivity index (χ0) is 10.1. The van der Waals surface area contributed by atoms with Crippen LogP contribution in [0.2, 0.25) is 0 Å². The van der Waals surface area contributed by atoms with E-state index >= 15 is 0 Å². The molecule has 0 atom stereocenters. The molecule has 0 radical (unpaired) electrons. The first kappa shape index (κ1) is 9.72. The SMILES string of the molecule is CCc1sc2ccc(C)cc2c1CC. The lowest BCUT2D eigenvalue weighted by Gasteiger charge is -1.98. The van der Waals surface area contributed by atoms with Crippen LogP contribution in [-0.4, -0.2) is 0 Å². The summed E-state index contributed by atoms with van der Waals surface area (Å²) in [5, 5.41) is 1.48. The smallest absolute Gasteiger partial charge is 0.0348 e. The second-order valence-corrected chi connectivity index (χ2v) is 4.85. The average molecular weight is 204 g/mol. The summed E-state index contributed by atoms with van der Waals surface area (Å²) >= 11 is 1.96. The Labute approximate surface area is 89.6 Å². The van der Waals surface area contributed by atoms with Crippen molar-refractivity contribution in [3.05, 3.63) is 34.2 Å². The molecule has 2 aromatic rings. The first-order valence-electron chi connectivity index (χ1n) is 5.27. The summed E-state index contributed by atoms with van der Waals surface area (Å²) in [5.41, 5.74) is 2.93. The Morgan fingerprint density at radius 2 is 1.93 bits per heavy atom. The highest BCUT2D eigenvalue weighted by Crippen LogP contribution is 2.32. The fourth-order valence-electron chi connectivity index (χ4n) is 1.99. The van der Waals surface area contributed by atoms with Crippen LogP contribution in [0, 0.1) is 6.92 Å². The molecule has 0 aliphatic carbocycles. The lowest BCUT2D eigenvalue weighted by Crippen LogP contribution is -1.83. The number of aryl methyl sites for hydroxylation is 3. The van der Waals surface area contributed by atoms with Gasteiger partial charge in [-0.2, -0.15) is 0 Å². The van der Waals surface area contributed by atoms with Crippen molar-refractivity contribution in [3.8, 4) is 0 Å². The van der Waals surface area contributed by atoms with Crippen LogP contribution in [0.15, 0.2) is 18.2 Å². The molecule has 0 aliphatic heterocycles. The Morgan fingerprint density at radius 1 is 1.14 bits per heavy atom. The van der Waals surface area contributed by atoms with Gasteiger partial charge in [-0.05, 0) is 36.8 Å². The Kier molecular flexibility index (Phi) is 2.60. The maximum atomic E-state index is 2.32. The van der Waals surface area contributed by atoms with Crippen molar-refractivity contribution in [2.45, 2.75) is 33.6 Å². The van der Waals surface area contributed by atoms with Gasteiger partial charge >= 0.3 is 0 Å². The minimum atomic E-state index is 1.16. The van der Waals surface area contributed by atoms with E-state index < -0.39 is 0 Å². The molecular weight excluding hydrogens is 188 g/mol. The van der Waals surface area contributed by atoms with Gasteiger partial charge in [0.25, 0.3) is 0 Å². The third kappa shape index (κ3) is 1.46. The van der Waals surface area contributed by atoms with Gasteiger partial charge in [0, 0.05) is 9.58 Å². The van der Waals surface area contributed by atoms with Crippen molar-refractivity contribution in [3.63, 3.8) is 0 Å². The molecule has 1 aromatic heterocycles. The normalized spacial score (nSPS) is 11.1. The second-order valence-electron chi connectivity index (χ2n) is 3.71. The van der Waals surface area contributed by atoms with Crippen molar-refractivity contribution in [1.29, 1.82) is 0 Å². The molecule has 0 saturated carbocycles. The van der Waals surface area contributed by atoms with E-state index in [2.05, 4.69) is 39.0 Å². The second kappa shape index (κ2) is 3.74. The molecule has 74 valence electrons. The number of benzene rings is 1. The zero-order valence-corrected chi connectivity index (χ0v) is 9.87. The fraction of sp³-hybridized carbons (Fsp3) is 0.385. The number of thiophene rings is 1. The Hall–Kier alpha value is -0.820. The van der Waals surface area contributed by atoms with Gasteiger partial charge < -0.3 is 0 Å². The van der Waals surface area contributed by atoms with E-state index in [9.17, 15) is 0 Å². The van der Waals surface area contributed by atoms with Crippen LogP contribution in [0.25, 0.3) is 10.1 Å². The van der Waals surface area contributed by atoms with Crippen LogP contribution in [-0.2, 0) is 12.8 Å². The molecule has 0 saturated heterocycles. The minimum Gasteiger partial charge on any atom is -0.140 e. The first-order valence-corrected chi connectivity index (χ1v) is 6.08. The van der Waals surface area contributed by atoms with Gasteiger partial charge in [-0.25, -0.2) is 0 Å². The predicted molar refractivity (Wildman–Crippen MR) is 65.3 cm³/mol. The Bertz CT molecular complexity index is 451. The molecule has 14 heavy (non-hydrogen) atoms. The summed E-state index contributed by atoms with van der Waals surface area (Å²) in [6.07, 6.45) is 2.33. The molecular formula is C13H16S. The topological polar surface area (TPSA) is 0 Å². The first-order chi connectivity index (χ1) is 6.76. The summed E-state index contributed by atoms with van der Waals surface area (Å²) < 4.78 is 1.45. The number of hydrogen-bond donors (Lipinski definition) is 0. The van der Waals surface area contributed by atoms with E-state index in [0.29, 0.717) is 0 Å². The molecule has 1 heterocycles. The van der Waals surface area contributed by atoms with Crippen molar-refractivity contribution in [1.82, 2.24) is 0 Å². The monoisotopic (exact) mass is 204 g/mol. The number of hydrogen-bond acceptors (Lipinski definition) is 1. The molecule has 0 unspecified atom stereocenters. The summed E-state index contributed by atoms with van der Waals surface area (Å²) in [6.45, 7) is 6.67. The molecule has 1 heteroatoms. The largest absolute Gasteiger partial charge is 0.140 e. The van der Waals surface area contributed by atoms with E-state index in [4.69, 9.17) is 0 Å². The quantitative estimate of drug-likeness (QED) is 0.683.